The molecule has 35 heavy (non-hydrogen) atoms. The first kappa shape index (κ1) is 24.9. The topological polar surface area (TPSA) is 121 Å². The van der Waals surface area contributed by atoms with Gasteiger partial charge in [0, 0.05) is 23.7 Å². The lowest BCUT2D eigenvalue weighted by Crippen LogP contribution is -2.26. The van der Waals surface area contributed by atoms with E-state index in [1.54, 1.807) is 37.8 Å². The molecule has 4 heterocycles. The van der Waals surface area contributed by atoms with E-state index in [1.165, 1.54) is 10.7 Å². The van der Waals surface area contributed by atoms with Crippen molar-refractivity contribution in [2.24, 2.45) is 5.73 Å². The number of aromatic nitrogens is 5. The number of nitrogens with one attached hydrogen (secondary N) is 1. The molecule has 0 aliphatic heterocycles. The Hall–Kier alpha value is -3.19. The van der Waals surface area contributed by atoms with Crippen molar-refractivity contribution in [3.8, 4) is 11.1 Å². The van der Waals surface area contributed by atoms with Crippen LogP contribution in [-0.4, -0.2) is 36.4 Å². The van der Waals surface area contributed by atoms with E-state index >= 15 is 0 Å². The summed E-state index contributed by atoms with van der Waals surface area (Å²) in [5.41, 5.74) is 7.61. The summed E-state index contributed by atoms with van der Waals surface area (Å²) in [5, 5.41) is 11.8. The molecule has 2 amide bonds. The van der Waals surface area contributed by atoms with Crippen LogP contribution in [0.3, 0.4) is 0 Å². The number of nitrogens with zero attached hydrogens (tertiary/aromatic N) is 5. The highest BCUT2D eigenvalue weighted by molar-refractivity contribution is 9.10. The van der Waals surface area contributed by atoms with Crippen LogP contribution in [0.15, 0.2) is 22.9 Å². The normalized spacial score (nSPS) is 12.5. The number of alkyl halides is 2. The van der Waals surface area contributed by atoms with Gasteiger partial charge in [-0.15, -0.1) is 11.3 Å². The van der Waals surface area contributed by atoms with Gasteiger partial charge in [-0.25, -0.2) is 13.8 Å². The van der Waals surface area contributed by atoms with Gasteiger partial charge in [-0.3, -0.25) is 19.0 Å². The molecule has 4 rings (SSSR count). The van der Waals surface area contributed by atoms with Crippen LogP contribution in [0.25, 0.3) is 21.3 Å². The maximum Gasteiger partial charge on any atom is 0.280 e. The number of halogens is 3. The Morgan fingerprint density at radius 3 is 2.54 bits per heavy atom. The number of pyridine rings is 1. The Kier molecular flexibility index (Phi) is 6.73. The Morgan fingerprint density at radius 1 is 1.29 bits per heavy atom. The Labute approximate surface area is 211 Å². The quantitative estimate of drug-likeness (QED) is 0.327. The third-order valence-electron chi connectivity index (χ3n) is 5.67. The molecular formula is C22H22BrF2N7O2S. The van der Waals surface area contributed by atoms with Crippen molar-refractivity contribution in [1.29, 1.82) is 0 Å². The Morgan fingerprint density at radius 2 is 2.00 bits per heavy atom. The average molecular weight is 566 g/mol. The molecule has 0 aliphatic carbocycles. The Bertz CT molecular complexity index is 1460. The van der Waals surface area contributed by atoms with E-state index in [0.29, 0.717) is 28.8 Å². The van der Waals surface area contributed by atoms with Crippen molar-refractivity contribution in [3.63, 3.8) is 0 Å². The first-order valence-corrected chi connectivity index (χ1v) is 12.2. The lowest BCUT2D eigenvalue weighted by atomic mass is 10.0. The van der Waals surface area contributed by atoms with E-state index in [1.807, 2.05) is 6.92 Å². The number of nitrogens with two attached hydrogens (primary N) is 1. The number of carbonyl (C=O) groups is 2. The number of anilines is 1. The standard InChI is InChI=1S/C22H22BrF2N7O2S/c1-5-31-8-13(9(2)30-31)12-6-15(19(24)25)28-22-16(12)17(18(35-22)20(26)33)29-21(34)11(4)32-10(3)14(23)7-27-32/h6-8,11,19H,5H2,1-4H3,(H2,26,33)(H,29,34). The zero-order valence-corrected chi connectivity index (χ0v) is 21.7. The zero-order chi connectivity index (χ0) is 25.6. The molecule has 3 N–H and O–H groups in total. The van der Waals surface area contributed by atoms with Gasteiger partial charge in [-0.05, 0) is 55.3 Å². The molecular weight excluding hydrogens is 544 g/mol. The van der Waals surface area contributed by atoms with E-state index < -0.39 is 30.0 Å². The second-order valence-corrected chi connectivity index (χ2v) is 9.77. The van der Waals surface area contributed by atoms with Crippen LogP contribution in [0.4, 0.5) is 14.5 Å². The number of hydrogen-bond acceptors (Lipinski definition) is 6. The molecule has 4 aromatic heterocycles. The van der Waals surface area contributed by atoms with Crippen LogP contribution in [0, 0.1) is 13.8 Å². The molecule has 4 aromatic rings. The third-order valence-corrected chi connectivity index (χ3v) is 7.55. The van der Waals surface area contributed by atoms with Crippen molar-refractivity contribution >= 4 is 55.0 Å². The second-order valence-electron chi connectivity index (χ2n) is 7.92. The smallest absolute Gasteiger partial charge is 0.280 e. The van der Waals surface area contributed by atoms with Crippen LogP contribution in [-0.2, 0) is 11.3 Å². The monoisotopic (exact) mass is 565 g/mol. The number of fused-ring (bicyclic) bond motifs is 1. The minimum atomic E-state index is -2.84. The molecule has 13 heteroatoms. The molecule has 0 saturated heterocycles. The fourth-order valence-electron chi connectivity index (χ4n) is 3.81. The SMILES string of the molecule is CCn1cc(-c2cc(C(F)F)nc3sc(C(N)=O)c(NC(=O)C(C)n4ncc(Br)c4C)c23)c(C)n1. The van der Waals surface area contributed by atoms with Crippen LogP contribution < -0.4 is 11.1 Å². The van der Waals surface area contributed by atoms with Gasteiger partial charge in [0.2, 0.25) is 5.91 Å². The summed E-state index contributed by atoms with van der Waals surface area (Å²) in [5.74, 6) is -1.27. The first-order chi connectivity index (χ1) is 16.5. The van der Waals surface area contributed by atoms with Crippen LogP contribution in [0.2, 0.25) is 0 Å². The number of hydrogen-bond donors (Lipinski definition) is 2. The van der Waals surface area contributed by atoms with E-state index in [0.717, 1.165) is 21.5 Å². The van der Waals surface area contributed by atoms with Crippen molar-refractivity contribution in [3.05, 3.63) is 44.9 Å². The maximum absolute atomic E-state index is 13.7. The fourth-order valence-corrected chi connectivity index (χ4v) is 5.10. The minimum absolute atomic E-state index is 0.0135. The van der Waals surface area contributed by atoms with E-state index in [4.69, 9.17) is 5.73 Å². The molecule has 184 valence electrons. The molecule has 0 saturated carbocycles. The lowest BCUT2D eigenvalue weighted by molar-refractivity contribution is -0.119. The summed E-state index contributed by atoms with van der Waals surface area (Å²) < 4.78 is 31.4. The number of primary amides is 1. The number of aryl methyl sites for hydroxylation is 2. The first-order valence-electron chi connectivity index (χ1n) is 10.6. The summed E-state index contributed by atoms with van der Waals surface area (Å²) in [7, 11) is 0. The molecule has 0 aliphatic rings. The van der Waals surface area contributed by atoms with Gasteiger partial charge < -0.3 is 11.1 Å². The highest BCUT2D eigenvalue weighted by Crippen LogP contribution is 2.43. The van der Waals surface area contributed by atoms with E-state index in [9.17, 15) is 18.4 Å². The van der Waals surface area contributed by atoms with Gasteiger partial charge in [-0.2, -0.15) is 10.2 Å². The van der Waals surface area contributed by atoms with Crippen LogP contribution >= 0.6 is 27.3 Å². The molecule has 1 unspecified atom stereocenters. The van der Waals surface area contributed by atoms with E-state index in [-0.39, 0.29) is 15.4 Å². The van der Waals surface area contributed by atoms with Crippen LogP contribution in [0.1, 0.15) is 53.1 Å². The van der Waals surface area contributed by atoms with Gasteiger partial charge in [0.25, 0.3) is 12.3 Å². The minimum Gasteiger partial charge on any atom is -0.365 e. The molecule has 0 spiro atoms. The molecule has 0 fully saturated rings. The number of thiophene rings is 1. The highest BCUT2D eigenvalue weighted by atomic mass is 79.9. The van der Waals surface area contributed by atoms with Crippen molar-refractivity contribution < 1.29 is 18.4 Å². The number of rotatable bonds is 7. The van der Waals surface area contributed by atoms with Gasteiger partial charge in [-0.1, -0.05) is 0 Å². The second kappa shape index (κ2) is 9.46. The zero-order valence-electron chi connectivity index (χ0n) is 19.3. The summed E-state index contributed by atoms with van der Waals surface area (Å²) >= 11 is 4.23. The third kappa shape index (κ3) is 4.45. The molecule has 1 atom stereocenters. The predicted octanol–water partition coefficient (Wildman–Crippen LogP) is 4.99. The number of carbonyl (C=O) groups excluding carboxylic acids is 2. The summed E-state index contributed by atoms with van der Waals surface area (Å²) in [6.07, 6.45) is 0.480. The molecule has 0 bridgehead atoms. The van der Waals surface area contributed by atoms with Gasteiger partial charge in [0.1, 0.15) is 21.4 Å². The lowest BCUT2D eigenvalue weighted by Gasteiger charge is -2.16. The molecule has 9 nitrogen and oxygen atoms in total. The van der Waals surface area contributed by atoms with Gasteiger partial charge in [0.05, 0.1) is 27.7 Å². The van der Waals surface area contributed by atoms with Crippen molar-refractivity contribution in [2.75, 3.05) is 5.32 Å². The largest absolute Gasteiger partial charge is 0.365 e. The summed E-state index contributed by atoms with van der Waals surface area (Å²) in [6.45, 7) is 7.70. The Balaban J connectivity index is 1.93. The summed E-state index contributed by atoms with van der Waals surface area (Å²) in [6, 6.07) is 0.529. The maximum atomic E-state index is 13.7. The predicted molar refractivity (Wildman–Crippen MR) is 133 cm³/mol. The van der Waals surface area contributed by atoms with Gasteiger partial charge in [0.15, 0.2) is 0 Å². The fraction of sp³-hybridized carbons (Fsp3) is 0.318. The van der Waals surface area contributed by atoms with Gasteiger partial charge >= 0.3 is 0 Å². The average Bonchev–Trinajstić information content (AvgIpc) is 3.48. The van der Waals surface area contributed by atoms with Crippen molar-refractivity contribution in [1.82, 2.24) is 24.5 Å². The van der Waals surface area contributed by atoms with E-state index in [2.05, 4.69) is 36.4 Å². The molecule has 0 aromatic carbocycles. The number of amides is 2. The van der Waals surface area contributed by atoms with Crippen LogP contribution in [0.5, 0.6) is 0 Å². The highest BCUT2D eigenvalue weighted by Gasteiger charge is 2.28. The summed E-state index contributed by atoms with van der Waals surface area (Å²) in [4.78, 5) is 29.8. The molecule has 0 radical (unpaired) electrons. The van der Waals surface area contributed by atoms with Crippen molar-refractivity contribution in [2.45, 2.75) is 46.7 Å².